The van der Waals surface area contributed by atoms with Gasteiger partial charge in [0.25, 0.3) is 0 Å². The molecule has 0 unspecified atom stereocenters. The molecule has 4 fully saturated rings. The van der Waals surface area contributed by atoms with Crippen molar-refractivity contribution in [3.05, 3.63) is 0 Å². The second-order valence-electron chi connectivity index (χ2n) is 10.5. The standard InChI is InChI=1S/C21H36O5S/c1-13(26-27(23,24)25)17-6-7-18-16-5-4-14-12-15(22)8-10-20(14,2)19(16)9-11-21(17,18)3/h13-19,22H,4-12H2,1-3H3,(H,23,24,25)/t13-,14+,15+,16+,17-,18+,19+,20+,21-/m1/s1. The summed E-state index contributed by atoms with van der Waals surface area (Å²) in [6.07, 6.45) is 9.42. The van der Waals surface area contributed by atoms with Crippen LogP contribution in [0, 0.1) is 40.4 Å². The van der Waals surface area contributed by atoms with Gasteiger partial charge in [-0.05, 0) is 105 Å². The van der Waals surface area contributed by atoms with Gasteiger partial charge < -0.3 is 5.11 Å². The molecule has 2 N–H and O–H groups in total. The van der Waals surface area contributed by atoms with Crippen molar-refractivity contribution in [1.29, 1.82) is 0 Å². The van der Waals surface area contributed by atoms with E-state index in [2.05, 4.69) is 13.8 Å². The highest BCUT2D eigenvalue weighted by molar-refractivity contribution is 7.80. The minimum atomic E-state index is -4.40. The topological polar surface area (TPSA) is 83.8 Å². The van der Waals surface area contributed by atoms with E-state index in [0.29, 0.717) is 23.2 Å². The minimum absolute atomic E-state index is 0.0999. The molecule has 4 aliphatic carbocycles. The molecule has 27 heavy (non-hydrogen) atoms. The van der Waals surface area contributed by atoms with Gasteiger partial charge in [-0.25, -0.2) is 4.18 Å². The highest BCUT2D eigenvalue weighted by atomic mass is 32.3. The predicted octanol–water partition coefficient (Wildman–Crippen LogP) is 4.21. The van der Waals surface area contributed by atoms with Gasteiger partial charge in [0.15, 0.2) is 0 Å². The summed E-state index contributed by atoms with van der Waals surface area (Å²) in [5.74, 6) is 2.91. The Labute approximate surface area is 164 Å². The van der Waals surface area contributed by atoms with Crippen LogP contribution < -0.4 is 0 Å². The van der Waals surface area contributed by atoms with Gasteiger partial charge in [0.2, 0.25) is 0 Å². The zero-order chi connectivity index (χ0) is 19.6. The molecule has 0 aliphatic heterocycles. The Morgan fingerprint density at radius 2 is 1.63 bits per heavy atom. The van der Waals surface area contributed by atoms with Crippen molar-refractivity contribution in [3.63, 3.8) is 0 Å². The Morgan fingerprint density at radius 1 is 0.963 bits per heavy atom. The molecule has 4 aliphatic rings. The van der Waals surface area contributed by atoms with Crippen LogP contribution in [0.1, 0.15) is 78.6 Å². The summed E-state index contributed by atoms with van der Waals surface area (Å²) in [7, 11) is -4.40. The molecule has 5 nitrogen and oxygen atoms in total. The number of hydrogen-bond acceptors (Lipinski definition) is 4. The summed E-state index contributed by atoms with van der Waals surface area (Å²) in [5.41, 5.74) is 0.459. The fourth-order valence-corrected chi connectivity index (χ4v) is 8.82. The second-order valence-corrected chi connectivity index (χ2v) is 11.6. The molecule has 9 atom stereocenters. The Bertz CT molecular complexity index is 678. The number of hydrogen-bond donors (Lipinski definition) is 2. The highest BCUT2D eigenvalue weighted by Crippen LogP contribution is 2.67. The minimum Gasteiger partial charge on any atom is -0.393 e. The molecule has 0 aromatic rings. The molecular formula is C21H36O5S. The van der Waals surface area contributed by atoms with Gasteiger partial charge in [-0.15, -0.1) is 0 Å². The van der Waals surface area contributed by atoms with Crippen LogP contribution in [0.3, 0.4) is 0 Å². The lowest BCUT2D eigenvalue weighted by Gasteiger charge is -2.61. The molecule has 0 aromatic carbocycles. The summed E-state index contributed by atoms with van der Waals surface area (Å²) < 4.78 is 36.6. The molecule has 0 amide bonds. The Morgan fingerprint density at radius 3 is 2.33 bits per heavy atom. The quantitative estimate of drug-likeness (QED) is 0.693. The Kier molecular flexibility index (Phi) is 4.98. The largest absolute Gasteiger partial charge is 0.397 e. The lowest BCUT2D eigenvalue weighted by Crippen LogP contribution is -2.54. The van der Waals surface area contributed by atoms with Crippen LogP contribution in [0.15, 0.2) is 0 Å². The van der Waals surface area contributed by atoms with Gasteiger partial charge in [-0.1, -0.05) is 13.8 Å². The van der Waals surface area contributed by atoms with Crippen molar-refractivity contribution < 1.29 is 22.3 Å². The molecule has 0 saturated heterocycles. The Hall–Kier alpha value is -0.170. The summed E-state index contributed by atoms with van der Waals surface area (Å²) in [5, 5.41) is 10.2. The first-order valence-corrected chi connectivity index (χ1v) is 12.2. The first-order valence-electron chi connectivity index (χ1n) is 10.9. The Balaban J connectivity index is 1.55. The predicted molar refractivity (Wildman–Crippen MR) is 103 cm³/mol. The van der Waals surface area contributed by atoms with E-state index in [0.717, 1.165) is 44.4 Å². The molecule has 0 aromatic heterocycles. The molecule has 4 saturated carbocycles. The van der Waals surface area contributed by atoms with Crippen LogP contribution in [0.2, 0.25) is 0 Å². The normalized spacial score (nSPS) is 51.1. The second kappa shape index (κ2) is 6.68. The van der Waals surface area contributed by atoms with E-state index in [9.17, 15) is 13.5 Å². The average molecular weight is 401 g/mol. The lowest BCUT2D eigenvalue weighted by molar-refractivity contribution is -0.131. The fourth-order valence-electron chi connectivity index (χ4n) is 8.31. The fraction of sp³-hybridized carbons (Fsp3) is 1.00. The molecule has 0 bridgehead atoms. The summed E-state index contributed by atoms with van der Waals surface area (Å²) >= 11 is 0. The van der Waals surface area contributed by atoms with Crippen LogP contribution in [-0.4, -0.2) is 30.3 Å². The van der Waals surface area contributed by atoms with Crippen LogP contribution in [0.25, 0.3) is 0 Å². The maximum absolute atomic E-state index is 11.2. The monoisotopic (exact) mass is 400 g/mol. The smallest absolute Gasteiger partial charge is 0.393 e. The molecule has 4 rings (SSSR count). The molecule has 0 spiro atoms. The summed E-state index contributed by atoms with van der Waals surface area (Å²) in [6.45, 7) is 6.63. The van der Waals surface area contributed by atoms with Gasteiger partial charge in [-0.2, -0.15) is 8.42 Å². The number of aliphatic hydroxyl groups excluding tert-OH is 1. The SMILES string of the molecule is C[C@@H](OS(=O)(=O)O)[C@H]1CC[C@H]2[C@@H]3CC[C@H]4C[C@@H](O)CC[C@]4(C)[C@H]3CC[C@]12C. The third-order valence-corrected chi connectivity index (χ3v) is 10.1. The van der Waals surface area contributed by atoms with Gasteiger partial charge in [-0.3, -0.25) is 4.55 Å². The van der Waals surface area contributed by atoms with Crippen molar-refractivity contribution in [2.24, 2.45) is 40.4 Å². The maximum atomic E-state index is 11.2. The van der Waals surface area contributed by atoms with E-state index >= 15 is 0 Å². The zero-order valence-corrected chi connectivity index (χ0v) is 17.7. The first-order chi connectivity index (χ1) is 12.5. The zero-order valence-electron chi connectivity index (χ0n) is 16.9. The van der Waals surface area contributed by atoms with Crippen LogP contribution >= 0.6 is 0 Å². The molecule has 0 radical (unpaired) electrons. The molecule has 0 heterocycles. The summed E-state index contributed by atoms with van der Waals surface area (Å²) in [6, 6.07) is 0. The van der Waals surface area contributed by atoms with E-state index < -0.39 is 16.5 Å². The lowest BCUT2D eigenvalue weighted by atomic mass is 9.44. The van der Waals surface area contributed by atoms with Gasteiger partial charge >= 0.3 is 10.4 Å². The maximum Gasteiger partial charge on any atom is 0.397 e. The third-order valence-electron chi connectivity index (χ3n) is 9.55. The van der Waals surface area contributed by atoms with E-state index in [4.69, 9.17) is 8.74 Å². The van der Waals surface area contributed by atoms with Crippen molar-refractivity contribution in [3.8, 4) is 0 Å². The molecule has 156 valence electrons. The molecule has 6 heteroatoms. The van der Waals surface area contributed by atoms with Gasteiger partial charge in [0, 0.05) is 0 Å². The van der Waals surface area contributed by atoms with Crippen LogP contribution in [0.5, 0.6) is 0 Å². The summed E-state index contributed by atoms with van der Waals surface area (Å²) in [4.78, 5) is 0. The van der Waals surface area contributed by atoms with Gasteiger partial charge in [0.1, 0.15) is 0 Å². The van der Waals surface area contributed by atoms with Gasteiger partial charge in [0.05, 0.1) is 12.2 Å². The van der Waals surface area contributed by atoms with E-state index in [1.807, 2.05) is 0 Å². The number of rotatable bonds is 3. The van der Waals surface area contributed by atoms with Crippen molar-refractivity contribution in [2.45, 2.75) is 90.8 Å². The number of aliphatic hydroxyl groups is 1. The van der Waals surface area contributed by atoms with Crippen LogP contribution in [-0.2, 0) is 14.6 Å². The van der Waals surface area contributed by atoms with E-state index in [1.165, 1.54) is 19.3 Å². The van der Waals surface area contributed by atoms with Crippen molar-refractivity contribution >= 4 is 10.4 Å². The first kappa shape index (κ1) is 20.1. The number of fused-ring (bicyclic) bond motifs is 5. The van der Waals surface area contributed by atoms with E-state index in [-0.39, 0.29) is 17.4 Å². The van der Waals surface area contributed by atoms with Crippen molar-refractivity contribution in [1.82, 2.24) is 0 Å². The highest BCUT2D eigenvalue weighted by Gasteiger charge is 2.61. The third kappa shape index (κ3) is 3.28. The van der Waals surface area contributed by atoms with Crippen LogP contribution in [0.4, 0.5) is 0 Å². The van der Waals surface area contributed by atoms with E-state index in [1.54, 1.807) is 6.92 Å². The molecular weight excluding hydrogens is 364 g/mol. The average Bonchev–Trinajstić information content (AvgIpc) is 2.91. The van der Waals surface area contributed by atoms with Crippen molar-refractivity contribution in [2.75, 3.05) is 0 Å².